The van der Waals surface area contributed by atoms with Crippen molar-refractivity contribution < 1.29 is 5.21 Å². The van der Waals surface area contributed by atoms with Gasteiger partial charge in [-0.1, -0.05) is 60.7 Å². The second kappa shape index (κ2) is 6.18. The van der Waals surface area contributed by atoms with Crippen LogP contribution in [0.1, 0.15) is 17.0 Å². The van der Waals surface area contributed by atoms with Crippen LogP contribution in [0.25, 0.3) is 0 Å². The third-order valence-corrected chi connectivity index (χ3v) is 4.04. The lowest BCUT2D eigenvalue weighted by Crippen LogP contribution is -2.32. The van der Waals surface area contributed by atoms with Crippen molar-refractivity contribution in [1.82, 2.24) is 10.4 Å². The Morgan fingerprint density at radius 3 is 2.25 bits per heavy atom. The zero-order valence-electron chi connectivity index (χ0n) is 11.4. The maximum atomic E-state index is 9.40. The number of likely N-dealkylation sites (tertiary alicyclic amines) is 1. The van der Waals surface area contributed by atoms with E-state index in [4.69, 9.17) is 0 Å². The van der Waals surface area contributed by atoms with Crippen molar-refractivity contribution in [2.75, 3.05) is 13.1 Å². The first-order chi connectivity index (χ1) is 9.86. The maximum absolute atomic E-state index is 9.40. The number of benzene rings is 2. The lowest BCUT2D eigenvalue weighted by molar-refractivity contribution is 0.121. The van der Waals surface area contributed by atoms with E-state index in [1.54, 1.807) is 0 Å². The molecule has 1 saturated heterocycles. The van der Waals surface area contributed by atoms with Crippen LogP contribution >= 0.6 is 0 Å². The van der Waals surface area contributed by atoms with Crippen LogP contribution in [0.3, 0.4) is 0 Å². The minimum atomic E-state index is 0.0983. The first kappa shape index (κ1) is 13.3. The highest BCUT2D eigenvalue weighted by Crippen LogP contribution is 2.28. The highest BCUT2D eigenvalue weighted by Gasteiger charge is 2.33. The molecular weight excluding hydrogens is 248 g/mol. The fourth-order valence-electron chi connectivity index (χ4n) is 3.02. The molecule has 0 bridgehead atoms. The van der Waals surface area contributed by atoms with Gasteiger partial charge in [-0.3, -0.25) is 4.90 Å². The van der Waals surface area contributed by atoms with Gasteiger partial charge < -0.3 is 5.21 Å². The van der Waals surface area contributed by atoms with Gasteiger partial charge in [0.15, 0.2) is 0 Å². The van der Waals surface area contributed by atoms with E-state index in [1.807, 2.05) is 12.1 Å². The molecule has 2 aromatic rings. The average molecular weight is 268 g/mol. The summed E-state index contributed by atoms with van der Waals surface area (Å²) in [7, 11) is 0. The number of hydroxylamine groups is 1. The van der Waals surface area contributed by atoms with Gasteiger partial charge in [0.05, 0.1) is 6.04 Å². The second-order valence-corrected chi connectivity index (χ2v) is 5.43. The number of hydrogen-bond donors (Lipinski definition) is 2. The molecule has 3 heteroatoms. The summed E-state index contributed by atoms with van der Waals surface area (Å²) in [6.07, 6.45) is 0. The summed E-state index contributed by atoms with van der Waals surface area (Å²) >= 11 is 0. The molecular formula is C17H20N2O. The standard InChI is InChI=1S/C17H20N2O/c20-18-17-13-19(11-14-7-3-1-4-8-14)12-16(17)15-9-5-2-6-10-15/h1-10,16-18,20H,11-13H2. The Labute approximate surface area is 119 Å². The van der Waals surface area contributed by atoms with Crippen LogP contribution in [-0.4, -0.2) is 29.2 Å². The predicted molar refractivity (Wildman–Crippen MR) is 79.6 cm³/mol. The van der Waals surface area contributed by atoms with E-state index in [0.29, 0.717) is 5.92 Å². The zero-order chi connectivity index (χ0) is 13.8. The Balaban J connectivity index is 1.71. The van der Waals surface area contributed by atoms with Gasteiger partial charge in [-0.25, -0.2) is 5.48 Å². The highest BCUT2D eigenvalue weighted by atomic mass is 16.5. The van der Waals surface area contributed by atoms with Gasteiger partial charge in [-0.15, -0.1) is 0 Å². The van der Waals surface area contributed by atoms with Crippen molar-refractivity contribution in [2.45, 2.75) is 18.5 Å². The van der Waals surface area contributed by atoms with Crippen LogP contribution in [-0.2, 0) is 6.54 Å². The molecule has 1 aliphatic heterocycles. The van der Waals surface area contributed by atoms with Crippen LogP contribution in [0.4, 0.5) is 0 Å². The normalized spacial score (nSPS) is 23.1. The number of nitrogens with one attached hydrogen (secondary N) is 1. The predicted octanol–water partition coefficient (Wildman–Crippen LogP) is 2.63. The molecule has 2 aromatic carbocycles. The molecule has 0 spiro atoms. The lowest BCUT2D eigenvalue weighted by atomic mass is 9.95. The van der Waals surface area contributed by atoms with E-state index >= 15 is 0 Å². The maximum Gasteiger partial charge on any atom is 0.0527 e. The van der Waals surface area contributed by atoms with Gasteiger partial charge >= 0.3 is 0 Å². The van der Waals surface area contributed by atoms with Gasteiger partial charge in [0.1, 0.15) is 0 Å². The SMILES string of the molecule is ONC1CN(Cc2ccccc2)CC1c1ccccc1. The van der Waals surface area contributed by atoms with E-state index in [-0.39, 0.29) is 6.04 Å². The van der Waals surface area contributed by atoms with E-state index in [2.05, 4.69) is 58.9 Å². The molecule has 0 aliphatic carbocycles. The lowest BCUT2D eigenvalue weighted by Gasteiger charge is -2.16. The van der Waals surface area contributed by atoms with Gasteiger partial charge in [0.25, 0.3) is 0 Å². The molecule has 3 rings (SSSR count). The van der Waals surface area contributed by atoms with Crippen LogP contribution < -0.4 is 5.48 Å². The first-order valence-corrected chi connectivity index (χ1v) is 7.07. The number of hydrogen-bond acceptors (Lipinski definition) is 3. The van der Waals surface area contributed by atoms with Crippen LogP contribution in [0.2, 0.25) is 0 Å². The third kappa shape index (κ3) is 2.90. The summed E-state index contributed by atoms with van der Waals surface area (Å²) in [4.78, 5) is 2.39. The molecule has 1 aliphatic rings. The molecule has 0 saturated carbocycles. The third-order valence-electron chi connectivity index (χ3n) is 4.04. The topological polar surface area (TPSA) is 35.5 Å². The zero-order valence-corrected chi connectivity index (χ0v) is 11.4. The fraction of sp³-hybridized carbons (Fsp3) is 0.294. The van der Waals surface area contributed by atoms with Crippen LogP contribution in [0.5, 0.6) is 0 Å². The molecule has 2 N–H and O–H groups in total. The van der Waals surface area contributed by atoms with E-state index < -0.39 is 0 Å². The summed E-state index contributed by atoms with van der Waals surface area (Å²) in [6.45, 7) is 2.77. The van der Waals surface area contributed by atoms with Crippen molar-refractivity contribution in [1.29, 1.82) is 0 Å². The van der Waals surface area contributed by atoms with Gasteiger partial charge in [-0.05, 0) is 11.1 Å². The van der Waals surface area contributed by atoms with E-state index in [9.17, 15) is 5.21 Å². The highest BCUT2D eigenvalue weighted by molar-refractivity contribution is 5.24. The molecule has 2 atom stereocenters. The summed E-state index contributed by atoms with van der Waals surface area (Å²) in [5.74, 6) is 0.338. The van der Waals surface area contributed by atoms with Crippen molar-refractivity contribution >= 4 is 0 Å². The minimum Gasteiger partial charge on any atom is -0.316 e. The monoisotopic (exact) mass is 268 g/mol. The molecule has 2 unspecified atom stereocenters. The second-order valence-electron chi connectivity index (χ2n) is 5.43. The average Bonchev–Trinajstić information content (AvgIpc) is 2.92. The Morgan fingerprint density at radius 1 is 0.950 bits per heavy atom. The first-order valence-electron chi connectivity index (χ1n) is 7.07. The summed E-state index contributed by atoms with van der Waals surface area (Å²) < 4.78 is 0. The van der Waals surface area contributed by atoms with Gasteiger partial charge in [-0.2, -0.15) is 0 Å². The smallest absolute Gasteiger partial charge is 0.0527 e. The van der Waals surface area contributed by atoms with Crippen LogP contribution in [0.15, 0.2) is 60.7 Å². The summed E-state index contributed by atoms with van der Waals surface area (Å²) in [6, 6.07) is 21.0. The Bertz CT molecular complexity index is 529. The van der Waals surface area contributed by atoms with Crippen molar-refractivity contribution in [2.24, 2.45) is 0 Å². The molecule has 0 amide bonds. The molecule has 1 fully saturated rings. The molecule has 0 radical (unpaired) electrons. The Kier molecular flexibility index (Phi) is 4.11. The van der Waals surface area contributed by atoms with E-state index in [1.165, 1.54) is 11.1 Å². The van der Waals surface area contributed by atoms with Crippen molar-refractivity contribution in [3.63, 3.8) is 0 Å². The molecule has 1 heterocycles. The quantitative estimate of drug-likeness (QED) is 0.837. The number of rotatable bonds is 4. The molecule has 0 aromatic heterocycles. The number of nitrogens with zero attached hydrogens (tertiary/aromatic N) is 1. The molecule has 104 valence electrons. The van der Waals surface area contributed by atoms with Gasteiger partial charge in [0.2, 0.25) is 0 Å². The Morgan fingerprint density at radius 2 is 1.60 bits per heavy atom. The molecule has 3 nitrogen and oxygen atoms in total. The largest absolute Gasteiger partial charge is 0.316 e. The van der Waals surface area contributed by atoms with Gasteiger partial charge in [0, 0.05) is 25.6 Å². The van der Waals surface area contributed by atoms with Crippen molar-refractivity contribution in [3.05, 3.63) is 71.8 Å². The molecule has 20 heavy (non-hydrogen) atoms. The van der Waals surface area contributed by atoms with Crippen LogP contribution in [0, 0.1) is 0 Å². The van der Waals surface area contributed by atoms with E-state index in [0.717, 1.165) is 19.6 Å². The van der Waals surface area contributed by atoms with Crippen molar-refractivity contribution in [3.8, 4) is 0 Å². The summed E-state index contributed by atoms with van der Waals surface area (Å²) in [5, 5.41) is 9.40. The minimum absolute atomic E-state index is 0.0983. The fourth-order valence-corrected chi connectivity index (χ4v) is 3.02. The summed E-state index contributed by atoms with van der Waals surface area (Å²) in [5.41, 5.74) is 5.09. The Hall–Kier alpha value is -1.68.